The van der Waals surface area contributed by atoms with Gasteiger partial charge in [-0.25, -0.2) is 0 Å². The second-order valence-electron chi connectivity index (χ2n) is 6.57. The van der Waals surface area contributed by atoms with Gasteiger partial charge in [-0.2, -0.15) is 0 Å². The van der Waals surface area contributed by atoms with Crippen molar-refractivity contribution in [2.75, 3.05) is 19.6 Å². The summed E-state index contributed by atoms with van der Waals surface area (Å²) < 4.78 is 0. The van der Waals surface area contributed by atoms with Crippen LogP contribution in [-0.2, 0) is 16.0 Å². The molecular weight excluding hydrogens is 312 g/mol. The fourth-order valence-electron chi connectivity index (χ4n) is 3.15. The molecule has 2 amide bonds. The van der Waals surface area contributed by atoms with Gasteiger partial charge in [-0.3, -0.25) is 9.59 Å². The average Bonchev–Trinajstić information content (AvgIpc) is 3.39. The lowest BCUT2D eigenvalue weighted by atomic mass is 9.96. The first-order valence-electron chi connectivity index (χ1n) is 8.44. The van der Waals surface area contributed by atoms with E-state index in [-0.39, 0.29) is 23.7 Å². The van der Waals surface area contributed by atoms with Gasteiger partial charge in [-0.1, -0.05) is 23.7 Å². The molecule has 1 saturated carbocycles. The first kappa shape index (κ1) is 16.3. The van der Waals surface area contributed by atoms with Gasteiger partial charge < -0.3 is 10.2 Å². The van der Waals surface area contributed by atoms with Crippen LogP contribution in [0.2, 0.25) is 5.02 Å². The third-order valence-corrected chi connectivity index (χ3v) is 4.87. The SMILES string of the molecule is O=C(NCCc1cccc(Cl)c1)[C@@H]1CCCN(C(=O)C2CC2)C1. The Hall–Kier alpha value is -1.55. The van der Waals surface area contributed by atoms with Crippen LogP contribution in [0.4, 0.5) is 0 Å². The molecule has 0 spiro atoms. The third kappa shape index (κ3) is 4.47. The molecule has 124 valence electrons. The Kier molecular flexibility index (Phi) is 5.21. The van der Waals surface area contributed by atoms with Crippen molar-refractivity contribution in [2.24, 2.45) is 11.8 Å². The molecule has 23 heavy (non-hydrogen) atoms. The van der Waals surface area contributed by atoms with Crippen LogP contribution in [-0.4, -0.2) is 36.3 Å². The maximum absolute atomic E-state index is 12.3. The smallest absolute Gasteiger partial charge is 0.225 e. The number of amides is 2. The van der Waals surface area contributed by atoms with Gasteiger partial charge in [0.15, 0.2) is 0 Å². The molecule has 0 radical (unpaired) electrons. The lowest BCUT2D eigenvalue weighted by molar-refractivity contribution is -0.136. The zero-order chi connectivity index (χ0) is 16.2. The van der Waals surface area contributed by atoms with Crippen molar-refractivity contribution < 1.29 is 9.59 Å². The van der Waals surface area contributed by atoms with Crippen molar-refractivity contribution in [3.8, 4) is 0 Å². The predicted octanol–water partition coefficient (Wildman–Crippen LogP) is 2.65. The van der Waals surface area contributed by atoms with Gasteiger partial charge in [0, 0.05) is 30.6 Å². The third-order valence-electron chi connectivity index (χ3n) is 4.63. The van der Waals surface area contributed by atoms with E-state index in [1.165, 1.54) is 0 Å². The molecule has 5 heteroatoms. The molecule has 1 heterocycles. The minimum absolute atomic E-state index is 0.0641. The number of nitrogens with one attached hydrogen (secondary N) is 1. The van der Waals surface area contributed by atoms with Crippen LogP contribution < -0.4 is 5.32 Å². The molecule has 0 bridgehead atoms. The van der Waals surface area contributed by atoms with Crippen LogP contribution in [0.3, 0.4) is 0 Å². The highest BCUT2D eigenvalue weighted by Crippen LogP contribution is 2.32. The number of likely N-dealkylation sites (tertiary alicyclic amines) is 1. The highest BCUT2D eigenvalue weighted by Gasteiger charge is 2.36. The number of nitrogens with zero attached hydrogens (tertiary/aromatic N) is 1. The number of hydrogen-bond donors (Lipinski definition) is 1. The van der Waals surface area contributed by atoms with Gasteiger partial charge in [0.2, 0.25) is 11.8 Å². The van der Waals surface area contributed by atoms with E-state index < -0.39 is 0 Å². The number of piperidine rings is 1. The van der Waals surface area contributed by atoms with Crippen molar-refractivity contribution in [3.63, 3.8) is 0 Å². The molecule has 1 atom stereocenters. The molecule has 1 aliphatic carbocycles. The van der Waals surface area contributed by atoms with Crippen LogP contribution in [0.15, 0.2) is 24.3 Å². The monoisotopic (exact) mass is 334 g/mol. The Morgan fingerprint density at radius 2 is 2.04 bits per heavy atom. The zero-order valence-corrected chi connectivity index (χ0v) is 14.0. The molecule has 4 nitrogen and oxygen atoms in total. The molecule has 2 aliphatic rings. The predicted molar refractivity (Wildman–Crippen MR) is 90.2 cm³/mol. The highest BCUT2D eigenvalue weighted by atomic mass is 35.5. The summed E-state index contributed by atoms with van der Waals surface area (Å²) in [4.78, 5) is 26.4. The van der Waals surface area contributed by atoms with Crippen LogP contribution in [0, 0.1) is 11.8 Å². The first-order chi connectivity index (χ1) is 11.1. The van der Waals surface area contributed by atoms with Gasteiger partial charge in [0.1, 0.15) is 0 Å². The summed E-state index contributed by atoms with van der Waals surface area (Å²) in [7, 11) is 0. The summed E-state index contributed by atoms with van der Waals surface area (Å²) in [6, 6.07) is 7.69. The number of hydrogen-bond acceptors (Lipinski definition) is 2. The zero-order valence-electron chi connectivity index (χ0n) is 13.3. The molecule has 1 saturated heterocycles. The second-order valence-corrected chi connectivity index (χ2v) is 7.01. The summed E-state index contributed by atoms with van der Waals surface area (Å²) >= 11 is 5.96. The van der Waals surface area contributed by atoms with E-state index in [1.807, 2.05) is 29.2 Å². The van der Waals surface area contributed by atoms with Gasteiger partial charge in [0.25, 0.3) is 0 Å². The van der Waals surface area contributed by atoms with Gasteiger partial charge in [-0.15, -0.1) is 0 Å². The topological polar surface area (TPSA) is 49.4 Å². The molecule has 3 rings (SSSR count). The number of carbonyl (C=O) groups excluding carboxylic acids is 2. The molecule has 1 N–H and O–H groups in total. The Labute approximate surface area is 142 Å². The molecule has 1 aromatic carbocycles. The minimum atomic E-state index is -0.0641. The Bertz CT molecular complexity index is 586. The molecular formula is C18H23ClN2O2. The quantitative estimate of drug-likeness (QED) is 0.900. The highest BCUT2D eigenvalue weighted by molar-refractivity contribution is 6.30. The lowest BCUT2D eigenvalue weighted by Crippen LogP contribution is -2.46. The van der Waals surface area contributed by atoms with Crippen molar-refractivity contribution in [3.05, 3.63) is 34.9 Å². The van der Waals surface area contributed by atoms with Crippen molar-refractivity contribution >= 4 is 23.4 Å². The van der Waals surface area contributed by atoms with Crippen LogP contribution in [0.1, 0.15) is 31.2 Å². The van der Waals surface area contributed by atoms with Crippen LogP contribution in [0.25, 0.3) is 0 Å². The van der Waals surface area contributed by atoms with E-state index in [4.69, 9.17) is 11.6 Å². The lowest BCUT2D eigenvalue weighted by Gasteiger charge is -2.32. The Morgan fingerprint density at radius 1 is 1.22 bits per heavy atom. The van der Waals surface area contributed by atoms with E-state index in [9.17, 15) is 9.59 Å². The van der Waals surface area contributed by atoms with Crippen molar-refractivity contribution in [2.45, 2.75) is 32.1 Å². The molecule has 2 fully saturated rings. The van der Waals surface area contributed by atoms with Crippen molar-refractivity contribution in [1.82, 2.24) is 10.2 Å². The average molecular weight is 335 g/mol. The molecule has 1 aliphatic heterocycles. The number of rotatable bonds is 5. The maximum atomic E-state index is 12.3. The molecule has 0 aromatic heterocycles. The van der Waals surface area contributed by atoms with Gasteiger partial charge >= 0.3 is 0 Å². The van der Waals surface area contributed by atoms with E-state index in [0.29, 0.717) is 13.1 Å². The first-order valence-corrected chi connectivity index (χ1v) is 8.82. The summed E-state index contributed by atoms with van der Waals surface area (Å²) in [6.07, 6.45) is 4.60. The fourth-order valence-corrected chi connectivity index (χ4v) is 3.36. The summed E-state index contributed by atoms with van der Waals surface area (Å²) in [5.74, 6) is 0.493. The van der Waals surface area contributed by atoms with E-state index in [0.717, 1.165) is 49.2 Å². The summed E-state index contributed by atoms with van der Waals surface area (Å²) in [5, 5.41) is 3.72. The van der Waals surface area contributed by atoms with Gasteiger partial charge in [0.05, 0.1) is 5.92 Å². The molecule has 1 aromatic rings. The standard InChI is InChI=1S/C18H23ClN2O2/c19-16-5-1-3-13(11-16)8-9-20-17(22)15-4-2-10-21(12-15)18(23)14-6-7-14/h1,3,5,11,14-15H,2,4,6-10,12H2,(H,20,22)/t15-/m1/s1. The van der Waals surface area contributed by atoms with Crippen molar-refractivity contribution in [1.29, 1.82) is 0 Å². The number of halogens is 1. The van der Waals surface area contributed by atoms with E-state index in [2.05, 4.69) is 5.32 Å². The Morgan fingerprint density at radius 3 is 2.78 bits per heavy atom. The minimum Gasteiger partial charge on any atom is -0.355 e. The second kappa shape index (κ2) is 7.35. The molecule has 0 unspecified atom stereocenters. The van der Waals surface area contributed by atoms with E-state index in [1.54, 1.807) is 0 Å². The van der Waals surface area contributed by atoms with Gasteiger partial charge in [-0.05, 0) is 49.8 Å². The largest absolute Gasteiger partial charge is 0.355 e. The summed E-state index contributed by atoms with van der Waals surface area (Å²) in [6.45, 7) is 1.99. The van der Waals surface area contributed by atoms with Crippen LogP contribution in [0.5, 0.6) is 0 Å². The maximum Gasteiger partial charge on any atom is 0.225 e. The fraction of sp³-hybridized carbons (Fsp3) is 0.556. The normalized spacial score (nSPS) is 21.1. The van der Waals surface area contributed by atoms with E-state index >= 15 is 0 Å². The van der Waals surface area contributed by atoms with Crippen LogP contribution >= 0.6 is 11.6 Å². The number of benzene rings is 1. The summed E-state index contributed by atoms with van der Waals surface area (Å²) in [5.41, 5.74) is 1.12. The number of carbonyl (C=O) groups is 2. The Balaban J connectivity index is 1.45.